The summed E-state index contributed by atoms with van der Waals surface area (Å²) in [6, 6.07) is 0. The number of aromatic nitrogens is 3. The van der Waals surface area contributed by atoms with Crippen molar-refractivity contribution in [3.8, 4) is 0 Å². The van der Waals surface area contributed by atoms with Gasteiger partial charge in [0.15, 0.2) is 0 Å². The minimum atomic E-state index is -0.523. The highest BCUT2D eigenvalue weighted by Crippen LogP contribution is 1.93. The van der Waals surface area contributed by atoms with Gasteiger partial charge in [-0.2, -0.15) is 0 Å². The molecular weight excluding hydrogens is 210 g/mol. The number of methoxy groups -OCH3 is 1. The van der Waals surface area contributed by atoms with E-state index in [2.05, 4.69) is 21.7 Å². The molecule has 6 nitrogen and oxygen atoms in total. The summed E-state index contributed by atoms with van der Waals surface area (Å²) in [5.41, 5.74) is 0. The van der Waals surface area contributed by atoms with Gasteiger partial charge in [0, 0.05) is 6.61 Å². The molecule has 0 aliphatic carbocycles. The maximum absolute atomic E-state index is 11.1. The quantitative estimate of drug-likeness (QED) is 0.511. The van der Waals surface area contributed by atoms with E-state index >= 15 is 0 Å². The molecule has 0 radical (unpaired) electrons. The average molecular weight is 227 g/mol. The highest BCUT2D eigenvalue weighted by atomic mass is 16.5. The van der Waals surface area contributed by atoms with Gasteiger partial charge in [0.2, 0.25) is 0 Å². The van der Waals surface area contributed by atoms with E-state index in [0.717, 1.165) is 19.4 Å². The summed E-state index contributed by atoms with van der Waals surface area (Å²) in [5.74, 6) is -0.443. The van der Waals surface area contributed by atoms with Crippen molar-refractivity contribution in [3.05, 3.63) is 12.2 Å². The second kappa shape index (κ2) is 6.95. The zero-order valence-electron chi connectivity index (χ0n) is 9.68. The smallest absolute Gasteiger partial charge is 0.377 e. The van der Waals surface area contributed by atoms with Crippen LogP contribution in [0.4, 0.5) is 0 Å². The second-order valence-electron chi connectivity index (χ2n) is 3.29. The highest BCUT2D eigenvalue weighted by Gasteiger charge is 2.10. The number of carbonyl (C=O) groups excluding carboxylic acids is 1. The first-order chi connectivity index (χ1) is 7.77. The van der Waals surface area contributed by atoms with Gasteiger partial charge < -0.3 is 9.47 Å². The van der Waals surface area contributed by atoms with Crippen LogP contribution in [0.2, 0.25) is 0 Å². The molecule has 0 atom stereocenters. The van der Waals surface area contributed by atoms with E-state index in [1.807, 2.05) is 0 Å². The summed E-state index contributed by atoms with van der Waals surface area (Å²) in [7, 11) is 1.30. The zero-order chi connectivity index (χ0) is 11.8. The molecule has 1 rings (SSSR count). The number of rotatable bonds is 7. The van der Waals surface area contributed by atoms with Crippen LogP contribution in [0.3, 0.4) is 0 Å². The Balaban J connectivity index is 2.27. The minimum absolute atomic E-state index is 0.0797. The lowest BCUT2D eigenvalue weighted by Gasteiger charge is -2.02. The van der Waals surface area contributed by atoms with E-state index in [4.69, 9.17) is 4.74 Å². The van der Waals surface area contributed by atoms with Crippen molar-refractivity contribution in [1.82, 2.24) is 14.8 Å². The molecule has 90 valence electrons. The van der Waals surface area contributed by atoms with Crippen LogP contribution in [-0.4, -0.2) is 41.1 Å². The number of nitrogens with zero attached hydrogens (tertiary/aromatic N) is 3. The molecule has 0 saturated heterocycles. The molecule has 1 aromatic heterocycles. The second-order valence-corrected chi connectivity index (χ2v) is 3.29. The summed E-state index contributed by atoms with van der Waals surface area (Å²) < 4.78 is 11.4. The van der Waals surface area contributed by atoms with Crippen molar-refractivity contribution in [2.45, 2.75) is 26.3 Å². The minimum Gasteiger partial charge on any atom is -0.463 e. The van der Waals surface area contributed by atoms with Crippen LogP contribution in [-0.2, 0) is 16.0 Å². The molecule has 0 bridgehead atoms. The molecule has 0 aromatic carbocycles. The highest BCUT2D eigenvalue weighted by molar-refractivity contribution is 5.84. The Morgan fingerprint density at radius 2 is 2.31 bits per heavy atom. The summed E-state index contributed by atoms with van der Waals surface area (Å²) in [6.45, 7) is 4.04. The molecule has 0 unspecified atom stereocenters. The van der Waals surface area contributed by atoms with E-state index in [-0.39, 0.29) is 5.82 Å². The Bertz CT molecular complexity index is 325. The third kappa shape index (κ3) is 3.98. The van der Waals surface area contributed by atoms with Crippen LogP contribution in [0.15, 0.2) is 6.33 Å². The molecule has 16 heavy (non-hydrogen) atoms. The van der Waals surface area contributed by atoms with Crippen LogP contribution < -0.4 is 0 Å². The van der Waals surface area contributed by atoms with Gasteiger partial charge in [-0.1, -0.05) is 13.3 Å². The van der Waals surface area contributed by atoms with Gasteiger partial charge in [0.1, 0.15) is 6.33 Å². The molecule has 0 aliphatic heterocycles. The van der Waals surface area contributed by atoms with Gasteiger partial charge in [0.25, 0.3) is 5.82 Å². The maximum atomic E-state index is 11.1. The summed E-state index contributed by atoms with van der Waals surface area (Å²) in [5, 5.41) is 3.95. The number of hydrogen-bond acceptors (Lipinski definition) is 5. The zero-order valence-corrected chi connectivity index (χ0v) is 9.68. The van der Waals surface area contributed by atoms with E-state index in [1.54, 1.807) is 4.68 Å². The predicted octanol–water partition coefficient (Wildman–Crippen LogP) is 0.881. The molecule has 1 heterocycles. The van der Waals surface area contributed by atoms with Crippen LogP contribution >= 0.6 is 0 Å². The Kier molecular flexibility index (Phi) is 5.49. The number of ether oxygens (including phenoxy) is 2. The molecule has 0 saturated carbocycles. The molecule has 0 spiro atoms. The lowest BCUT2D eigenvalue weighted by molar-refractivity contribution is 0.0585. The molecule has 0 fully saturated rings. The molecule has 1 aromatic rings. The number of unbranched alkanes of at least 4 members (excludes halogenated alkanes) is 1. The largest absolute Gasteiger partial charge is 0.463 e. The standard InChI is InChI=1S/C10H17N3O3/c1-3-4-6-16-7-5-13-8-11-9(12-13)10(14)15-2/h8H,3-7H2,1-2H3. The third-order valence-electron chi connectivity index (χ3n) is 2.01. The topological polar surface area (TPSA) is 66.2 Å². The van der Waals surface area contributed by atoms with Crippen molar-refractivity contribution < 1.29 is 14.3 Å². The van der Waals surface area contributed by atoms with Crippen molar-refractivity contribution >= 4 is 5.97 Å². The van der Waals surface area contributed by atoms with Gasteiger partial charge in [0.05, 0.1) is 20.3 Å². The fourth-order valence-corrected chi connectivity index (χ4v) is 1.09. The van der Waals surface area contributed by atoms with E-state index in [0.29, 0.717) is 13.2 Å². The number of hydrogen-bond donors (Lipinski definition) is 0. The van der Waals surface area contributed by atoms with Gasteiger partial charge >= 0.3 is 5.97 Å². The van der Waals surface area contributed by atoms with Gasteiger partial charge in [-0.05, 0) is 6.42 Å². The Hall–Kier alpha value is -1.43. The summed E-state index contributed by atoms with van der Waals surface area (Å²) in [6.07, 6.45) is 3.68. The van der Waals surface area contributed by atoms with Crippen LogP contribution in [0.5, 0.6) is 0 Å². The van der Waals surface area contributed by atoms with Crippen LogP contribution in [0, 0.1) is 0 Å². The van der Waals surface area contributed by atoms with Crippen molar-refractivity contribution in [2.75, 3.05) is 20.3 Å². The fraction of sp³-hybridized carbons (Fsp3) is 0.700. The Morgan fingerprint density at radius 3 is 3.00 bits per heavy atom. The van der Waals surface area contributed by atoms with E-state index in [1.165, 1.54) is 13.4 Å². The van der Waals surface area contributed by atoms with E-state index < -0.39 is 5.97 Å². The first-order valence-corrected chi connectivity index (χ1v) is 5.33. The first-order valence-electron chi connectivity index (χ1n) is 5.33. The monoisotopic (exact) mass is 227 g/mol. The van der Waals surface area contributed by atoms with Crippen molar-refractivity contribution in [1.29, 1.82) is 0 Å². The fourth-order valence-electron chi connectivity index (χ4n) is 1.09. The van der Waals surface area contributed by atoms with Gasteiger partial charge in [-0.3, -0.25) is 0 Å². The van der Waals surface area contributed by atoms with Crippen LogP contribution in [0.25, 0.3) is 0 Å². The normalized spacial score (nSPS) is 10.4. The molecule has 0 aliphatic rings. The SMILES string of the molecule is CCCCOCCn1cnc(C(=O)OC)n1. The first kappa shape index (κ1) is 12.6. The van der Waals surface area contributed by atoms with E-state index in [9.17, 15) is 4.79 Å². The summed E-state index contributed by atoms with van der Waals surface area (Å²) >= 11 is 0. The molecule has 0 N–H and O–H groups in total. The predicted molar refractivity (Wildman–Crippen MR) is 57.1 cm³/mol. The van der Waals surface area contributed by atoms with Crippen molar-refractivity contribution in [3.63, 3.8) is 0 Å². The Morgan fingerprint density at radius 1 is 1.50 bits per heavy atom. The average Bonchev–Trinajstić information content (AvgIpc) is 2.76. The molecule has 6 heteroatoms. The van der Waals surface area contributed by atoms with Crippen molar-refractivity contribution in [2.24, 2.45) is 0 Å². The lowest BCUT2D eigenvalue weighted by atomic mass is 10.4. The van der Waals surface area contributed by atoms with Gasteiger partial charge in [-0.15, -0.1) is 5.10 Å². The summed E-state index contributed by atoms with van der Waals surface area (Å²) in [4.78, 5) is 14.9. The lowest BCUT2D eigenvalue weighted by Crippen LogP contribution is -2.09. The molecule has 0 amide bonds. The number of esters is 1. The third-order valence-corrected chi connectivity index (χ3v) is 2.01. The maximum Gasteiger partial charge on any atom is 0.377 e. The van der Waals surface area contributed by atoms with Gasteiger partial charge in [-0.25, -0.2) is 14.5 Å². The molecular formula is C10H17N3O3. The number of carbonyl (C=O) groups is 1. The Labute approximate surface area is 94.6 Å². The van der Waals surface area contributed by atoms with Crippen LogP contribution in [0.1, 0.15) is 30.4 Å².